The van der Waals surface area contributed by atoms with Crippen LogP contribution < -0.4 is 4.90 Å². The standard InChI is InChI=1S/C22H29N5.C8H10N4O/c1-2-12-26(11-1)20-8-5-18(6-9-20)22-10-7-19(23-24-22)16-25-14-15-27-13-3-4-21(27)17-25;1-4-7(13)5(2)12-8(9-4)10-6(3)11-12/h5-10,21H,1-4,11-17H2;13H,1-3H3. The minimum absolute atomic E-state index is 0.178. The molecule has 0 spiro atoms. The van der Waals surface area contributed by atoms with E-state index >= 15 is 0 Å². The maximum Gasteiger partial charge on any atom is 0.253 e. The molecular weight excluding hydrogens is 502 g/mol. The van der Waals surface area contributed by atoms with Crippen LogP contribution in [0.25, 0.3) is 17.0 Å². The molecule has 10 nitrogen and oxygen atoms in total. The van der Waals surface area contributed by atoms with Gasteiger partial charge < -0.3 is 10.0 Å². The van der Waals surface area contributed by atoms with Crippen LogP contribution in [0.1, 0.15) is 48.6 Å². The summed E-state index contributed by atoms with van der Waals surface area (Å²) in [5.41, 5.74) is 5.77. The number of hydrogen-bond acceptors (Lipinski definition) is 9. The first-order valence-corrected chi connectivity index (χ1v) is 14.5. The summed E-state index contributed by atoms with van der Waals surface area (Å²) >= 11 is 0. The minimum atomic E-state index is 0.178. The number of fused-ring (bicyclic) bond motifs is 2. The highest BCUT2D eigenvalue weighted by molar-refractivity contribution is 5.63. The summed E-state index contributed by atoms with van der Waals surface area (Å²) in [4.78, 5) is 15.9. The minimum Gasteiger partial charge on any atom is -0.504 e. The van der Waals surface area contributed by atoms with E-state index in [0.717, 1.165) is 36.1 Å². The Bertz CT molecular complexity index is 1450. The van der Waals surface area contributed by atoms with Crippen molar-refractivity contribution in [2.24, 2.45) is 0 Å². The van der Waals surface area contributed by atoms with E-state index in [9.17, 15) is 5.11 Å². The predicted molar refractivity (Wildman–Crippen MR) is 155 cm³/mol. The van der Waals surface area contributed by atoms with E-state index in [-0.39, 0.29) is 5.75 Å². The Labute approximate surface area is 235 Å². The summed E-state index contributed by atoms with van der Waals surface area (Å²) in [7, 11) is 0. The van der Waals surface area contributed by atoms with Gasteiger partial charge in [-0.15, -0.1) is 5.10 Å². The van der Waals surface area contributed by atoms with E-state index in [1.165, 1.54) is 68.6 Å². The third kappa shape index (κ3) is 5.64. The molecule has 1 N–H and O–H groups in total. The average molecular weight is 542 g/mol. The van der Waals surface area contributed by atoms with Crippen molar-refractivity contribution < 1.29 is 5.11 Å². The van der Waals surface area contributed by atoms with Gasteiger partial charge in [0.2, 0.25) is 0 Å². The summed E-state index contributed by atoms with van der Waals surface area (Å²) in [5, 5.41) is 22.7. The number of aromatic hydroxyl groups is 1. The monoisotopic (exact) mass is 541 g/mol. The third-order valence-electron chi connectivity index (χ3n) is 8.38. The van der Waals surface area contributed by atoms with Crippen molar-refractivity contribution in [3.05, 3.63) is 59.3 Å². The van der Waals surface area contributed by atoms with Crippen LogP contribution in [0.2, 0.25) is 0 Å². The zero-order chi connectivity index (χ0) is 27.6. The molecule has 3 saturated heterocycles. The van der Waals surface area contributed by atoms with Crippen molar-refractivity contribution in [3.8, 4) is 17.0 Å². The van der Waals surface area contributed by atoms with Crippen molar-refractivity contribution in [1.82, 2.24) is 39.6 Å². The summed E-state index contributed by atoms with van der Waals surface area (Å²) in [6.45, 7) is 13.4. The quantitative estimate of drug-likeness (QED) is 0.414. The molecule has 1 aromatic carbocycles. The largest absolute Gasteiger partial charge is 0.504 e. The molecule has 0 bridgehead atoms. The van der Waals surface area contributed by atoms with E-state index in [2.05, 4.69) is 76.4 Å². The van der Waals surface area contributed by atoms with E-state index in [4.69, 9.17) is 0 Å². The van der Waals surface area contributed by atoms with Gasteiger partial charge in [0.15, 0.2) is 5.75 Å². The van der Waals surface area contributed by atoms with Crippen molar-refractivity contribution >= 4 is 11.5 Å². The third-order valence-corrected chi connectivity index (χ3v) is 8.38. The fraction of sp³-hybridized carbons (Fsp3) is 0.500. The lowest BCUT2D eigenvalue weighted by Gasteiger charge is -2.37. The molecule has 1 unspecified atom stereocenters. The molecule has 0 saturated carbocycles. The first-order chi connectivity index (χ1) is 19.4. The summed E-state index contributed by atoms with van der Waals surface area (Å²) in [6, 6.07) is 13.8. The Morgan fingerprint density at radius 1 is 0.850 bits per heavy atom. The van der Waals surface area contributed by atoms with Crippen molar-refractivity contribution in [2.75, 3.05) is 44.2 Å². The molecule has 3 aliphatic heterocycles. The number of rotatable bonds is 4. The van der Waals surface area contributed by atoms with Crippen LogP contribution in [0.4, 0.5) is 5.69 Å². The number of nitrogens with zero attached hydrogens (tertiary/aromatic N) is 9. The van der Waals surface area contributed by atoms with Gasteiger partial charge in [-0.3, -0.25) is 9.80 Å². The summed E-state index contributed by atoms with van der Waals surface area (Å²) < 4.78 is 1.54. The normalized spacial score (nSPS) is 19.6. The lowest BCUT2D eigenvalue weighted by atomic mass is 10.1. The SMILES string of the molecule is Cc1nc2nc(C)c(O)c(C)n2n1.c1cc(N2CCCC2)ccc1-c1ccc(CN2CCN3CCCC3C2)nn1. The number of anilines is 1. The number of aromatic nitrogens is 6. The molecule has 4 aromatic rings. The van der Waals surface area contributed by atoms with Gasteiger partial charge in [0.05, 0.1) is 22.8 Å². The van der Waals surface area contributed by atoms with Gasteiger partial charge in [0, 0.05) is 56.6 Å². The topological polar surface area (TPSA) is 98.8 Å². The van der Waals surface area contributed by atoms with Crippen LogP contribution in [-0.4, -0.2) is 90.0 Å². The maximum absolute atomic E-state index is 9.56. The smallest absolute Gasteiger partial charge is 0.253 e. The molecule has 40 heavy (non-hydrogen) atoms. The second-order valence-corrected chi connectivity index (χ2v) is 11.2. The number of piperazine rings is 1. The average Bonchev–Trinajstić information content (AvgIpc) is 3.74. The zero-order valence-corrected chi connectivity index (χ0v) is 23.8. The van der Waals surface area contributed by atoms with Crippen LogP contribution in [0.5, 0.6) is 5.75 Å². The van der Waals surface area contributed by atoms with Gasteiger partial charge in [0.1, 0.15) is 5.82 Å². The molecule has 0 radical (unpaired) electrons. The molecule has 3 aliphatic rings. The van der Waals surface area contributed by atoms with E-state index < -0.39 is 0 Å². The van der Waals surface area contributed by atoms with Crippen molar-refractivity contribution in [3.63, 3.8) is 0 Å². The highest BCUT2D eigenvalue weighted by atomic mass is 16.3. The molecule has 3 fully saturated rings. The van der Waals surface area contributed by atoms with Gasteiger partial charge in [-0.05, 0) is 77.3 Å². The molecule has 10 heteroatoms. The first-order valence-electron chi connectivity index (χ1n) is 14.5. The molecule has 7 rings (SSSR count). The fourth-order valence-corrected chi connectivity index (χ4v) is 6.11. The fourth-order valence-electron chi connectivity index (χ4n) is 6.11. The summed E-state index contributed by atoms with van der Waals surface area (Å²) in [5.74, 6) is 1.36. The van der Waals surface area contributed by atoms with Crippen LogP contribution >= 0.6 is 0 Å². The highest BCUT2D eigenvalue weighted by Gasteiger charge is 2.30. The zero-order valence-electron chi connectivity index (χ0n) is 23.8. The Hall–Kier alpha value is -3.63. The Balaban J connectivity index is 0.000000187. The Morgan fingerprint density at radius 3 is 2.40 bits per heavy atom. The lowest BCUT2D eigenvalue weighted by molar-refractivity contribution is 0.0982. The van der Waals surface area contributed by atoms with Crippen molar-refractivity contribution in [1.29, 1.82) is 0 Å². The van der Waals surface area contributed by atoms with E-state index in [1.807, 2.05) is 0 Å². The second kappa shape index (κ2) is 11.5. The van der Waals surface area contributed by atoms with Gasteiger partial charge in [0.25, 0.3) is 5.78 Å². The van der Waals surface area contributed by atoms with Crippen LogP contribution in [0, 0.1) is 20.8 Å². The molecular formula is C30H39N9O. The van der Waals surface area contributed by atoms with E-state index in [0.29, 0.717) is 23.0 Å². The van der Waals surface area contributed by atoms with Gasteiger partial charge in [-0.1, -0.05) is 12.1 Å². The molecule has 210 valence electrons. The molecule has 0 aliphatic carbocycles. The Kier molecular flexibility index (Phi) is 7.62. The van der Waals surface area contributed by atoms with Crippen LogP contribution in [0.15, 0.2) is 36.4 Å². The predicted octanol–water partition coefficient (Wildman–Crippen LogP) is 3.78. The molecule has 1 atom stereocenters. The maximum atomic E-state index is 9.56. The van der Waals surface area contributed by atoms with E-state index in [1.54, 1.807) is 20.8 Å². The second-order valence-electron chi connectivity index (χ2n) is 11.2. The van der Waals surface area contributed by atoms with Crippen molar-refractivity contribution in [2.45, 2.75) is 59.0 Å². The molecule has 0 amide bonds. The van der Waals surface area contributed by atoms with Crippen LogP contribution in [0.3, 0.4) is 0 Å². The van der Waals surface area contributed by atoms with Gasteiger partial charge >= 0.3 is 0 Å². The van der Waals surface area contributed by atoms with Gasteiger partial charge in [-0.2, -0.15) is 19.7 Å². The highest BCUT2D eigenvalue weighted by Crippen LogP contribution is 2.25. The van der Waals surface area contributed by atoms with Gasteiger partial charge in [-0.25, -0.2) is 4.98 Å². The van der Waals surface area contributed by atoms with Crippen LogP contribution in [-0.2, 0) is 6.54 Å². The molecule has 6 heterocycles. The Morgan fingerprint density at radius 2 is 1.65 bits per heavy atom. The summed E-state index contributed by atoms with van der Waals surface area (Å²) in [6.07, 6.45) is 5.34. The number of hydrogen-bond donors (Lipinski definition) is 1. The number of benzene rings is 1. The molecule has 3 aromatic heterocycles. The first kappa shape index (κ1) is 26.6. The lowest BCUT2D eigenvalue weighted by Crippen LogP contribution is -2.49. The number of aryl methyl sites for hydroxylation is 3.